The van der Waals surface area contributed by atoms with E-state index >= 15 is 0 Å². The monoisotopic (exact) mass is 307 g/mol. The summed E-state index contributed by atoms with van der Waals surface area (Å²) >= 11 is 0. The minimum Gasteiger partial charge on any atom is -0.257 e. The molecule has 114 valence electrons. The Morgan fingerprint density at radius 1 is 1.00 bits per heavy atom. The summed E-state index contributed by atoms with van der Waals surface area (Å²) in [5.41, 5.74) is 7.43. The summed E-state index contributed by atoms with van der Waals surface area (Å²) in [7, 11) is 1.84. The molecule has 2 heterocycles. The second-order valence-electron chi connectivity index (χ2n) is 6.05. The molecule has 0 fully saturated rings. The van der Waals surface area contributed by atoms with Gasteiger partial charge < -0.3 is 0 Å². The molecule has 0 radical (unpaired) electrons. The number of pyridine rings is 2. The molecule has 3 aromatic rings. The molecule has 0 aliphatic heterocycles. The highest BCUT2D eigenvalue weighted by molar-refractivity contribution is 5.80. The molecule has 2 heteroatoms. The summed E-state index contributed by atoms with van der Waals surface area (Å²) in [5, 5.41) is 0. The van der Waals surface area contributed by atoms with E-state index in [9.17, 15) is 0 Å². The lowest BCUT2D eigenvalue weighted by Gasteiger charge is -2.10. The number of aryl methyl sites for hydroxylation is 3. The van der Waals surface area contributed by atoms with E-state index in [1.807, 2.05) is 42.8 Å². The van der Waals surface area contributed by atoms with E-state index in [-0.39, 0.29) is 5.69 Å². The van der Waals surface area contributed by atoms with Crippen molar-refractivity contribution in [3.8, 4) is 22.4 Å². The summed E-state index contributed by atoms with van der Waals surface area (Å²) in [6.07, 6.45) is 2.24. The Kier molecular flexibility index (Phi) is 1.96. The minimum absolute atomic E-state index is 0.119. The van der Waals surface area contributed by atoms with Crippen LogP contribution in [0.2, 0.25) is 0 Å². The predicted octanol–water partition coefficient (Wildman–Crippen LogP) is 4.07. The zero-order valence-corrected chi connectivity index (χ0v) is 13.1. The first-order valence-corrected chi connectivity index (χ1v) is 7.60. The normalized spacial score (nSPS) is 17.1. The Labute approximate surface area is 145 Å². The molecular weight excluding hydrogens is 280 g/mol. The van der Waals surface area contributed by atoms with E-state index in [0.717, 1.165) is 39.2 Å². The summed E-state index contributed by atoms with van der Waals surface area (Å²) in [4.78, 5) is 4.41. The van der Waals surface area contributed by atoms with Crippen molar-refractivity contribution >= 4 is 0 Å². The van der Waals surface area contributed by atoms with Crippen molar-refractivity contribution < 1.29 is 12.8 Å². The van der Waals surface area contributed by atoms with Crippen LogP contribution in [0.25, 0.3) is 22.4 Å². The molecule has 4 rings (SSSR count). The van der Waals surface area contributed by atoms with Gasteiger partial charge in [0.25, 0.3) is 0 Å². The van der Waals surface area contributed by atoms with Crippen LogP contribution < -0.4 is 4.57 Å². The quantitative estimate of drug-likeness (QED) is 0.484. The number of nitrogens with zero attached hydrogens (tertiary/aromatic N) is 2. The molecule has 0 saturated carbocycles. The highest BCUT2D eigenvalue weighted by Gasteiger charge is 2.24. The zero-order chi connectivity index (χ0) is 21.1. The Morgan fingerprint density at radius 3 is 2.61 bits per heavy atom. The summed E-state index contributed by atoms with van der Waals surface area (Å²) < 4.78 is 47.4. The molecular formula is C21H21N2+. The maximum absolute atomic E-state index is 7.60. The van der Waals surface area contributed by atoms with Gasteiger partial charge in [0.05, 0.1) is 5.69 Å². The van der Waals surface area contributed by atoms with Gasteiger partial charge in [-0.2, -0.15) is 0 Å². The summed E-state index contributed by atoms with van der Waals surface area (Å²) in [6, 6.07) is 11.0. The van der Waals surface area contributed by atoms with Crippen molar-refractivity contribution in [2.24, 2.45) is 7.05 Å². The SMILES string of the molecule is [2H]C([2H])([2H])c1ccc(-c2ccc3c(c2C)Cc2nc(C([2H])([2H])[2H])ccc2-3)[n+](C)c1. The van der Waals surface area contributed by atoms with Gasteiger partial charge in [0.15, 0.2) is 6.20 Å². The van der Waals surface area contributed by atoms with Crippen LogP contribution in [0.3, 0.4) is 0 Å². The number of hydrogen-bond acceptors (Lipinski definition) is 1. The van der Waals surface area contributed by atoms with E-state index < -0.39 is 13.7 Å². The van der Waals surface area contributed by atoms with E-state index in [0.29, 0.717) is 12.0 Å². The van der Waals surface area contributed by atoms with E-state index in [1.165, 1.54) is 0 Å². The highest BCUT2D eigenvalue weighted by Crippen LogP contribution is 2.40. The van der Waals surface area contributed by atoms with Gasteiger partial charge in [0.2, 0.25) is 5.69 Å². The largest absolute Gasteiger partial charge is 0.257 e. The Bertz CT molecular complexity index is 1130. The maximum atomic E-state index is 7.60. The van der Waals surface area contributed by atoms with E-state index in [4.69, 9.17) is 8.22 Å². The maximum Gasteiger partial charge on any atom is 0.212 e. The second-order valence-corrected chi connectivity index (χ2v) is 6.05. The van der Waals surface area contributed by atoms with Crippen LogP contribution in [0.5, 0.6) is 0 Å². The van der Waals surface area contributed by atoms with Crippen molar-refractivity contribution in [1.29, 1.82) is 0 Å². The van der Waals surface area contributed by atoms with Crippen LogP contribution in [0.1, 0.15) is 36.3 Å². The van der Waals surface area contributed by atoms with E-state index in [2.05, 4.69) is 4.98 Å². The van der Waals surface area contributed by atoms with Gasteiger partial charge in [0, 0.05) is 43.1 Å². The lowest BCUT2D eigenvalue weighted by atomic mass is 9.95. The third-order valence-electron chi connectivity index (χ3n) is 4.62. The molecule has 0 atom stereocenters. The topological polar surface area (TPSA) is 16.8 Å². The molecule has 0 spiro atoms. The minimum atomic E-state index is -2.22. The third-order valence-corrected chi connectivity index (χ3v) is 4.62. The van der Waals surface area contributed by atoms with Gasteiger partial charge in [0.1, 0.15) is 7.05 Å². The predicted molar refractivity (Wildman–Crippen MR) is 93.3 cm³/mol. The van der Waals surface area contributed by atoms with E-state index in [1.54, 1.807) is 18.3 Å². The Hall–Kier alpha value is -2.48. The van der Waals surface area contributed by atoms with Crippen molar-refractivity contribution in [3.63, 3.8) is 0 Å². The fourth-order valence-electron chi connectivity index (χ4n) is 3.45. The fraction of sp³-hybridized carbons (Fsp3) is 0.238. The number of rotatable bonds is 1. The number of benzene rings is 1. The molecule has 0 unspecified atom stereocenters. The van der Waals surface area contributed by atoms with Crippen molar-refractivity contribution in [1.82, 2.24) is 4.98 Å². The molecule has 1 aliphatic rings. The second kappa shape index (κ2) is 5.02. The lowest BCUT2D eigenvalue weighted by molar-refractivity contribution is -0.660. The van der Waals surface area contributed by atoms with Crippen LogP contribution in [0.15, 0.2) is 42.6 Å². The smallest absolute Gasteiger partial charge is 0.212 e. The molecule has 1 aromatic carbocycles. The van der Waals surface area contributed by atoms with Crippen LogP contribution in [0, 0.1) is 20.6 Å². The average molecular weight is 307 g/mol. The van der Waals surface area contributed by atoms with Crippen LogP contribution in [-0.2, 0) is 13.5 Å². The highest BCUT2D eigenvalue weighted by atomic mass is 14.9. The Morgan fingerprint density at radius 2 is 1.83 bits per heavy atom. The first kappa shape index (κ1) is 8.97. The van der Waals surface area contributed by atoms with Gasteiger partial charge in [-0.05, 0) is 55.5 Å². The van der Waals surface area contributed by atoms with Crippen molar-refractivity contribution in [2.45, 2.75) is 27.0 Å². The molecule has 0 amide bonds. The van der Waals surface area contributed by atoms with Crippen molar-refractivity contribution in [3.05, 3.63) is 70.7 Å². The molecule has 23 heavy (non-hydrogen) atoms. The zero-order valence-electron chi connectivity index (χ0n) is 19.1. The third kappa shape index (κ3) is 2.17. The van der Waals surface area contributed by atoms with Gasteiger partial charge in [-0.1, -0.05) is 12.1 Å². The summed E-state index contributed by atoms with van der Waals surface area (Å²) in [6.45, 7) is -2.32. The number of hydrogen-bond donors (Lipinski definition) is 0. The average Bonchev–Trinajstić information content (AvgIpc) is 3.00. The molecule has 0 N–H and O–H groups in total. The first-order chi connectivity index (χ1) is 13.5. The molecule has 2 aromatic heterocycles. The fourth-order valence-corrected chi connectivity index (χ4v) is 3.45. The lowest BCUT2D eigenvalue weighted by Crippen LogP contribution is -2.31. The number of aromatic nitrogens is 2. The first-order valence-electron chi connectivity index (χ1n) is 10.6. The van der Waals surface area contributed by atoms with Gasteiger partial charge >= 0.3 is 0 Å². The Balaban J connectivity index is 1.78. The van der Waals surface area contributed by atoms with Crippen molar-refractivity contribution in [2.75, 3.05) is 0 Å². The van der Waals surface area contributed by atoms with Crippen LogP contribution in [0.4, 0.5) is 0 Å². The summed E-state index contributed by atoms with van der Waals surface area (Å²) in [5.74, 6) is 0. The molecule has 0 bridgehead atoms. The van der Waals surface area contributed by atoms with Gasteiger partial charge in [-0.25, -0.2) is 4.57 Å². The molecule has 0 saturated heterocycles. The van der Waals surface area contributed by atoms with Gasteiger partial charge in [-0.15, -0.1) is 0 Å². The molecule has 2 nitrogen and oxygen atoms in total. The standard InChI is InChI=1S/C21H21N2/c1-13-5-10-21(23(4)12-13)16-8-9-17-18-7-6-14(2)22-20(18)11-19(17)15(16)3/h5-10,12H,11H2,1-4H3/q+1/i1D3,2D3. The molecule has 1 aliphatic carbocycles. The number of fused-ring (bicyclic) bond motifs is 3. The van der Waals surface area contributed by atoms with Crippen LogP contribution >= 0.6 is 0 Å². The van der Waals surface area contributed by atoms with Crippen LogP contribution in [-0.4, -0.2) is 4.98 Å². The van der Waals surface area contributed by atoms with Gasteiger partial charge in [-0.3, -0.25) is 4.98 Å².